The number of nitrogens with zero attached hydrogens (tertiary/aromatic N) is 2. The smallest absolute Gasteiger partial charge is 0.339 e. The van der Waals surface area contributed by atoms with Gasteiger partial charge in [-0.2, -0.15) is 0 Å². The first-order chi connectivity index (χ1) is 14.6. The van der Waals surface area contributed by atoms with Crippen molar-refractivity contribution < 1.29 is 13.9 Å². The number of aromatic nitrogens is 2. The van der Waals surface area contributed by atoms with Gasteiger partial charge in [-0.15, -0.1) is 10.2 Å². The van der Waals surface area contributed by atoms with Gasteiger partial charge < -0.3 is 9.15 Å². The van der Waals surface area contributed by atoms with E-state index in [4.69, 9.17) is 9.15 Å². The van der Waals surface area contributed by atoms with E-state index < -0.39 is 12.1 Å². The molecule has 0 radical (unpaired) electrons. The van der Waals surface area contributed by atoms with Crippen LogP contribution in [0.2, 0.25) is 0 Å². The van der Waals surface area contributed by atoms with Crippen molar-refractivity contribution in [2.24, 2.45) is 0 Å². The Labute approximate surface area is 175 Å². The van der Waals surface area contributed by atoms with Crippen molar-refractivity contribution in [2.75, 3.05) is 0 Å². The molecule has 1 heterocycles. The van der Waals surface area contributed by atoms with Crippen LogP contribution in [-0.4, -0.2) is 16.2 Å². The normalized spacial score (nSPS) is 11.8. The predicted molar refractivity (Wildman–Crippen MR) is 114 cm³/mol. The number of hydrogen-bond acceptors (Lipinski definition) is 5. The molecule has 30 heavy (non-hydrogen) atoms. The van der Waals surface area contributed by atoms with E-state index >= 15 is 0 Å². The van der Waals surface area contributed by atoms with Crippen molar-refractivity contribution in [1.82, 2.24) is 10.2 Å². The SMILES string of the molecule is Cc1cccc(-c2nnc(C(C)OC(=O)c3ccccc3Cc3ccccc3)o2)c1. The molecule has 1 aromatic heterocycles. The van der Waals surface area contributed by atoms with Crippen LogP contribution in [-0.2, 0) is 11.2 Å². The Morgan fingerprint density at radius 1 is 0.967 bits per heavy atom. The van der Waals surface area contributed by atoms with Gasteiger partial charge in [0.15, 0.2) is 6.10 Å². The molecule has 0 aliphatic carbocycles. The molecule has 4 rings (SSSR count). The van der Waals surface area contributed by atoms with Gasteiger partial charge in [0.2, 0.25) is 5.89 Å². The van der Waals surface area contributed by atoms with Crippen molar-refractivity contribution in [3.8, 4) is 11.5 Å². The molecule has 0 bridgehead atoms. The molecule has 5 nitrogen and oxygen atoms in total. The maximum Gasteiger partial charge on any atom is 0.339 e. The topological polar surface area (TPSA) is 65.2 Å². The van der Waals surface area contributed by atoms with Gasteiger partial charge in [-0.1, -0.05) is 66.2 Å². The van der Waals surface area contributed by atoms with Gasteiger partial charge in [0.1, 0.15) is 0 Å². The quantitative estimate of drug-likeness (QED) is 0.398. The third-order valence-corrected chi connectivity index (χ3v) is 4.81. The summed E-state index contributed by atoms with van der Waals surface area (Å²) in [5.74, 6) is 0.255. The molecule has 5 heteroatoms. The molecule has 0 spiro atoms. The highest BCUT2D eigenvalue weighted by molar-refractivity contribution is 5.91. The molecule has 1 unspecified atom stereocenters. The Balaban J connectivity index is 1.49. The Bertz CT molecular complexity index is 1150. The monoisotopic (exact) mass is 398 g/mol. The minimum atomic E-state index is -0.659. The van der Waals surface area contributed by atoms with Crippen LogP contribution in [0.4, 0.5) is 0 Å². The van der Waals surface area contributed by atoms with Crippen LogP contribution in [0.3, 0.4) is 0 Å². The van der Waals surface area contributed by atoms with E-state index in [0.717, 1.165) is 22.3 Å². The van der Waals surface area contributed by atoms with Crippen LogP contribution in [0, 0.1) is 6.92 Å². The predicted octanol–water partition coefficient (Wildman–Crippen LogP) is 5.55. The minimum Gasteiger partial charge on any atom is -0.449 e. The van der Waals surface area contributed by atoms with Crippen LogP contribution < -0.4 is 0 Å². The fraction of sp³-hybridized carbons (Fsp3) is 0.160. The summed E-state index contributed by atoms with van der Waals surface area (Å²) in [5, 5.41) is 8.16. The van der Waals surface area contributed by atoms with Gasteiger partial charge in [-0.25, -0.2) is 4.79 Å². The van der Waals surface area contributed by atoms with Crippen LogP contribution in [0.15, 0.2) is 83.3 Å². The second kappa shape index (κ2) is 8.74. The second-order valence-corrected chi connectivity index (χ2v) is 7.18. The zero-order chi connectivity index (χ0) is 20.9. The molecular weight excluding hydrogens is 376 g/mol. The van der Waals surface area contributed by atoms with Gasteiger partial charge in [0.05, 0.1) is 5.56 Å². The number of rotatable bonds is 6. The van der Waals surface area contributed by atoms with E-state index in [1.807, 2.05) is 79.7 Å². The maximum atomic E-state index is 12.8. The summed E-state index contributed by atoms with van der Waals surface area (Å²) in [6, 6.07) is 25.3. The van der Waals surface area contributed by atoms with Gasteiger partial charge in [0.25, 0.3) is 5.89 Å². The first kappa shape index (κ1) is 19.6. The minimum absolute atomic E-state index is 0.264. The first-order valence-corrected chi connectivity index (χ1v) is 9.83. The third-order valence-electron chi connectivity index (χ3n) is 4.81. The molecule has 4 aromatic rings. The van der Waals surface area contributed by atoms with E-state index in [0.29, 0.717) is 17.9 Å². The van der Waals surface area contributed by atoms with Crippen LogP contribution in [0.25, 0.3) is 11.5 Å². The number of aryl methyl sites for hydroxylation is 1. The Kier molecular flexibility index (Phi) is 5.70. The van der Waals surface area contributed by atoms with Crippen molar-refractivity contribution in [3.63, 3.8) is 0 Å². The Morgan fingerprint density at radius 3 is 2.53 bits per heavy atom. The fourth-order valence-electron chi connectivity index (χ4n) is 3.26. The van der Waals surface area contributed by atoms with Crippen LogP contribution >= 0.6 is 0 Å². The van der Waals surface area contributed by atoms with E-state index in [-0.39, 0.29) is 5.89 Å². The molecule has 150 valence electrons. The summed E-state index contributed by atoms with van der Waals surface area (Å²) in [5.41, 5.74) is 4.51. The van der Waals surface area contributed by atoms with Crippen molar-refractivity contribution in [3.05, 3.63) is 107 Å². The van der Waals surface area contributed by atoms with E-state index in [1.165, 1.54) is 0 Å². The Hall–Kier alpha value is -3.73. The lowest BCUT2D eigenvalue weighted by atomic mass is 10.00. The highest BCUT2D eigenvalue weighted by Gasteiger charge is 2.21. The van der Waals surface area contributed by atoms with Crippen molar-refractivity contribution in [1.29, 1.82) is 0 Å². The van der Waals surface area contributed by atoms with Crippen molar-refractivity contribution in [2.45, 2.75) is 26.4 Å². The molecule has 0 aliphatic rings. The van der Waals surface area contributed by atoms with Gasteiger partial charge in [-0.3, -0.25) is 0 Å². The zero-order valence-electron chi connectivity index (χ0n) is 16.9. The van der Waals surface area contributed by atoms with Gasteiger partial charge >= 0.3 is 5.97 Å². The lowest BCUT2D eigenvalue weighted by Gasteiger charge is -2.12. The summed E-state index contributed by atoms with van der Waals surface area (Å²) < 4.78 is 11.4. The molecule has 0 N–H and O–H groups in total. The standard InChI is InChI=1S/C25H22N2O3/c1-17-9-8-13-21(15-17)24-27-26-23(30-24)18(2)29-25(28)22-14-7-6-12-20(22)16-19-10-4-3-5-11-19/h3-15,18H,16H2,1-2H3. The first-order valence-electron chi connectivity index (χ1n) is 9.83. The summed E-state index contributed by atoms with van der Waals surface area (Å²) in [4.78, 5) is 12.8. The number of ether oxygens (including phenoxy) is 1. The number of benzene rings is 3. The average molecular weight is 398 g/mol. The van der Waals surface area contributed by atoms with E-state index in [1.54, 1.807) is 13.0 Å². The molecule has 0 saturated heterocycles. The number of carbonyl (C=O) groups excluding carboxylic acids is 1. The van der Waals surface area contributed by atoms with Crippen molar-refractivity contribution >= 4 is 5.97 Å². The molecule has 0 aliphatic heterocycles. The summed E-state index contributed by atoms with van der Waals surface area (Å²) in [7, 11) is 0. The van der Waals surface area contributed by atoms with Gasteiger partial charge in [0, 0.05) is 5.56 Å². The molecule has 0 amide bonds. The van der Waals surface area contributed by atoms with Crippen LogP contribution in [0.1, 0.15) is 46.0 Å². The van der Waals surface area contributed by atoms with Gasteiger partial charge in [-0.05, 0) is 49.6 Å². The second-order valence-electron chi connectivity index (χ2n) is 7.18. The lowest BCUT2D eigenvalue weighted by Crippen LogP contribution is -2.12. The number of esters is 1. The Morgan fingerprint density at radius 2 is 1.73 bits per heavy atom. The summed E-state index contributed by atoms with van der Waals surface area (Å²) in [6.45, 7) is 3.73. The third kappa shape index (κ3) is 4.46. The fourth-order valence-corrected chi connectivity index (χ4v) is 3.26. The molecule has 0 fully saturated rings. The summed E-state index contributed by atoms with van der Waals surface area (Å²) >= 11 is 0. The highest BCUT2D eigenvalue weighted by atomic mass is 16.6. The number of carbonyl (C=O) groups is 1. The average Bonchev–Trinajstić information content (AvgIpc) is 3.25. The zero-order valence-corrected chi connectivity index (χ0v) is 16.9. The maximum absolute atomic E-state index is 12.8. The largest absolute Gasteiger partial charge is 0.449 e. The summed E-state index contributed by atoms with van der Waals surface area (Å²) in [6.07, 6.45) is -0.00760. The molecular formula is C25H22N2O3. The molecule has 0 saturated carbocycles. The molecule has 3 aromatic carbocycles. The number of hydrogen-bond donors (Lipinski definition) is 0. The lowest BCUT2D eigenvalue weighted by molar-refractivity contribution is 0.0279. The van der Waals surface area contributed by atoms with E-state index in [9.17, 15) is 4.79 Å². The molecule has 1 atom stereocenters. The van der Waals surface area contributed by atoms with E-state index in [2.05, 4.69) is 10.2 Å². The highest BCUT2D eigenvalue weighted by Crippen LogP contribution is 2.24. The van der Waals surface area contributed by atoms with Crippen LogP contribution in [0.5, 0.6) is 0 Å².